The van der Waals surface area contributed by atoms with E-state index in [1.165, 1.54) is 0 Å². The van der Waals surface area contributed by atoms with E-state index in [2.05, 4.69) is 348 Å². The van der Waals surface area contributed by atoms with Gasteiger partial charge in [0.2, 0.25) is 0 Å². The van der Waals surface area contributed by atoms with Gasteiger partial charge in [-0.05, 0) is 175 Å². The van der Waals surface area contributed by atoms with Crippen molar-refractivity contribution in [1.29, 1.82) is 0 Å². The highest BCUT2D eigenvalue weighted by molar-refractivity contribution is 6.14. The Bertz CT molecular complexity index is 5800. The molecule has 15 aromatic rings. The summed E-state index contributed by atoms with van der Waals surface area (Å²) in [6.07, 6.45) is 17.3. The zero-order chi connectivity index (χ0) is 64.6. The van der Waals surface area contributed by atoms with Crippen LogP contribution in [-0.4, -0.2) is 39.9 Å². The predicted octanol–water partition coefficient (Wildman–Crippen LogP) is 23.3. The highest BCUT2D eigenvalue weighted by Gasteiger charge is 2.24. The van der Waals surface area contributed by atoms with E-state index in [0.717, 1.165) is 200 Å². The summed E-state index contributed by atoms with van der Waals surface area (Å²) in [6.45, 7) is 0. The van der Waals surface area contributed by atoms with E-state index in [9.17, 15) is 0 Å². The normalized spacial score (nSPS) is 12.3. The van der Waals surface area contributed by atoms with Crippen LogP contribution in [0.5, 0.6) is 0 Å². The monoisotopic (exact) mass is 1250 g/mol. The Morgan fingerprint density at radius 1 is 0.173 bits per heavy atom. The number of aromatic nitrogens is 8. The minimum Gasteiger partial charge on any atom is -0.354 e. The van der Waals surface area contributed by atoms with Crippen LogP contribution in [0, 0.1) is 0 Å². The summed E-state index contributed by atoms with van der Waals surface area (Å²) in [5.41, 5.74) is 30.7. The van der Waals surface area contributed by atoms with Gasteiger partial charge in [-0.25, -0.2) is 19.9 Å². The van der Waals surface area contributed by atoms with Crippen molar-refractivity contribution in [3.05, 3.63) is 325 Å². The number of hydrogen-bond acceptors (Lipinski definition) is 4. The average Bonchev–Trinajstić information content (AvgIpc) is 1.51. The molecule has 8 heteroatoms. The molecular formula is C90H58N8. The third kappa shape index (κ3) is 9.69. The van der Waals surface area contributed by atoms with E-state index in [1.807, 2.05) is 0 Å². The molecule has 458 valence electrons. The number of nitrogens with one attached hydrogen (secondary N) is 4. The Kier molecular flexibility index (Phi) is 13.4. The summed E-state index contributed by atoms with van der Waals surface area (Å²) >= 11 is 0. The van der Waals surface area contributed by atoms with Crippen molar-refractivity contribution in [2.75, 3.05) is 0 Å². The predicted molar refractivity (Wildman–Crippen MR) is 410 cm³/mol. The Balaban J connectivity index is 0.902. The zero-order valence-corrected chi connectivity index (χ0v) is 53.0. The van der Waals surface area contributed by atoms with Crippen LogP contribution in [0.25, 0.3) is 203 Å². The first-order valence-electron chi connectivity index (χ1n) is 33.2. The number of hydrogen-bond donors (Lipinski definition) is 4. The lowest BCUT2D eigenvalue weighted by Crippen LogP contribution is -1.91. The van der Waals surface area contributed by atoms with Crippen LogP contribution in [0.3, 0.4) is 0 Å². The van der Waals surface area contributed by atoms with Crippen molar-refractivity contribution in [3.63, 3.8) is 0 Å². The van der Waals surface area contributed by atoms with Crippen LogP contribution in [0.4, 0.5) is 0 Å². The average molecular weight is 1250 g/mol. The van der Waals surface area contributed by atoms with Crippen molar-refractivity contribution >= 4 is 114 Å². The number of nitrogens with zero attached hydrogens (tertiary/aromatic N) is 4. The molecule has 6 aromatic heterocycles. The molecule has 0 amide bonds. The van der Waals surface area contributed by atoms with Gasteiger partial charge in [-0.2, -0.15) is 0 Å². The van der Waals surface area contributed by atoms with Crippen molar-refractivity contribution in [2.24, 2.45) is 0 Å². The molecule has 9 aromatic carbocycles. The summed E-state index contributed by atoms with van der Waals surface area (Å²) < 4.78 is 0. The lowest BCUT2D eigenvalue weighted by atomic mass is 9.91. The molecule has 4 aliphatic rings. The minimum absolute atomic E-state index is 0.832. The summed E-state index contributed by atoms with van der Waals surface area (Å²) in [7, 11) is 0. The molecule has 0 saturated heterocycles. The third-order valence-corrected chi connectivity index (χ3v) is 19.3. The zero-order valence-electron chi connectivity index (χ0n) is 53.0. The molecule has 0 unspecified atom stereocenters. The molecule has 0 fully saturated rings. The molecule has 0 atom stereocenters. The molecule has 19 rings (SSSR count). The number of benzene rings is 9. The maximum atomic E-state index is 5.75. The number of H-pyrrole nitrogens is 4. The van der Waals surface area contributed by atoms with E-state index in [1.54, 1.807) is 0 Å². The van der Waals surface area contributed by atoms with E-state index >= 15 is 0 Å². The van der Waals surface area contributed by atoms with Gasteiger partial charge < -0.3 is 19.9 Å². The van der Waals surface area contributed by atoms with Crippen molar-refractivity contribution in [3.8, 4) is 89.0 Å². The van der Waals surface area contributed by atoms with Crippen LogP contribution in [-0.2, 0) is 0 Å². The Morgan fingerprint density at radius 3 is 0.602 bits per heavy atom. The van der Waals surface area contributed by atoms with Crippen LogP contribution < -0.4 is 0 Å². The number of fused-ring (bicyclic) bond motifs is 18. The molecule has 0 saturated carbocycles. The molecule has 4 aliphatic heterocycles. The van der Waals surface area contributed by atoms with Gasteiger partial charge in [0.1, 0.15) is 0 Å². The standard InChI is InChI=1S/C90H58N8/c1-7-21-55(22-8-1)83-67-37-41-71(91-67)85(57-25-11-3-12-26-57)75-45-49-79(95-75)89(80-50-46-76(96-80)86(58-27-13-4-14-28-58)72-42-38-68(83)92-72)63-35-19-33-61-53-62-34-20-36-64(66(62)54-65(61)63)90-81-51-47-77(97-81)87(59-29-15-5-16-30-59)73-43-39-69(93-73)84(56-23-9-2-10-24-56)70-40-44-74(94-70)88(60-31-17-6-18-32-60)78-48-52-82(90)98-78/h1-54,91,93,96,98H. The minimum atomic E-state index is 0.832. The number of rotatable bonds is 8. The van der Waals surface area contributed by atoms with E-state index < -0.39 is 0 Å². The summed E-state index contributed by atoms with van der Waals surface area (Å²) in [5.74, 6) is 0. The first-order valence-corrected chi connectivity index (χ1v) is 33.2. The molecule has 0 radical (unpaired) electrons. The molecule has 8 nitrogen and oxygen atoms in total. The van der Waals surface area contributed by atoms with Crippen molar-refractivity contribution in [2.45, 2.75) is 0 Å². The summed E-state index contributed by atoms with van der Waals surface area (Å²) in [5, 5.41) is 4.33. The first kappa shape index (κ1) is 56.3. The lowest BCUT2D eigenvalue weighted by Gasteiger charge is -2.13. The van der Waals surface area contributed by atoms with E-state index in [-0.39, 0.29) is 0 Å². The molecule has 0 aliphatic carbocycles. The third-order valence-electron chi connectivity index (χ3n) is 19.3. The van der Waals surface area contributed by atoms with Gasteiger partial charge in [0.05, 0.1) is 45.6 Å². The second-order valence-electron chi connectivity index (χ2n) is 25.1. The van der Waals surface area contributed by atoms with Crippen molar-refractivity contribution in [1.82, 2.24) is 39.9 Å². The van der Waals surface area contributed by atoms with Gasteiger partial charge in [0.25, 0.3) is 0 Å². The van der Waals surface area contributed by atoms with Gasteiger partial charge in [0, 0.05) is 88.6 Å². The lowest BCUT2D eigenvalue weighted by molar-refractivity contribution is 1.31. The van der Waals surface area contributed by atoms with Crippen LogP contribution in [0.2, 0.25) is 0 Å². The van der Waals surface area contributed by atoms with Gasteiger partial charge >= 0.3 is 0 Å². The Labute approximate surface area is 564 Å². The second-order valence-corrected chi connectivity index (χ2v) is 25.1. The fourth-order valence-electron chi connectivity index (χ4n) is 14.9. The van der Waals surface area contributed by atoms with Gasteiger partial charge in [-0.15, -0.1) is 0 Å². The number of aromatic amines is 4. The smallest absolute Gasteiger partial charge is 0.0737 e. The SMILES string of the molecule is C1=Cc2nc1c(-c1ccccc1)c1ccc([nH]1)c(-c1ccccc1)c1nc(c(-c3cccc4cc5cccc(-c6c7nc(c(-c8ccccc8)c8ccc([nH]8)c(-c8ccccc8)c8nc(c(-c9ccccc9)c9ccc6[nH]9)C=C8)C=C7)c5cc34)c3ccc([nH]3)c2-c2ccccc2)C=C1. The topological polar surface area (TPSA) is 115 Å². The molecule has 4 N–H and O–H groups in total. The van der Waals surface area contributed by atoms with Gasteiger partial charge in [0.15, 0.2) is 0 Å². The maximum Gasteiger partial charge on any atom is 0.0737 e. The van der Waals surface area contributed by atoms with Crippen LogP contribution >= 0.6 is 0 Å². The second kappa shape index (κ2) is 23.3. The van der Waals surface area contributed by atoms with Crippen molar-refractivity contribution < 1.29 is 0 Å². The molecule has 98 heavy (non-hydrogen) atoms. The summed E-state index contributed by atoms with van der Waals surface area (Å²) in [4.78, 5) is 38.5. The van der Waals surface area contributed by atoms with Crippen LogP contribution in [0.15, 0.2) is 279 Å². The fraction of sp³-hybridized carbons (Fsp3) is 0. The molecule has 10 heterocycles. The van der Waals surface area contributed by atoms with E-state index in [4.69, 9.17) is 19.9 Å². The van der Waals surface area contributed by atoms with Gasteiger partial charge in [-0.1, -0.05) is 218 Å². The summed E-state index contributed by atoms with van der Waals surface area (Å²) in [6, 6.07) is 99.2. The highest BCUT2D eigenvalue weighted by atomic mass is 14.8. The van der Waals surface area contributed by atoms with Gasteiger partial charge in [-0.3, -0.25) is 0 Å². The molecule has 0 spiro atoms. The first-order chi connectivity index (χ1) is 48.6. The highest BCUT2D eigenvalue weighted by Crippen LogP contribution is 2.45. The molecule has 16 bridgehead atoms. The quantitative estimate of drug-likeness (QED) is 0.113. The molecular weight excluding hydrogens is 1190 g/mol. The largest absolute Gasteiger partial charge is 0.354 e. The maximum absolute atomic E-state index is 5.75. The van der Waals surface area contributed by atoms with E-state index in [0.29, 0.717) is 0 Å². The fourth-order valence-corrected chi connectivity index (χ4v) is 14.9. The van der Waals surface area contributed by atoms with Crippen LogP contribution in [0.1, 0.15) is 45.6 Å². The Hall–Kier alpha value is -13.3. The Morgan fingerprint density at radius 2 is 0.378 bits per heavy atom.